The van der Waals surface area contributed by atoms with E-state index in [-0.39, 0.29) is 23.1 Å². The quantitative estimate of drug-likeness (QED) is 0.619. The van der Waals surface area contributed by atoms with E-state index >= 15 is 0 Å². The van der Waals surface area contributed by atoms with E-state index in [4.69, 9.17) is 4.74 Å². The number of methoxy groups -OCH3 is 1. The van der Waals surface area contributed by atoms with Crippen LogP contribution in [0.1, 0.15) is 41.4 Å². The van der Waals surface area contributed by atoms with Gasteiger partial charge in [0.25, 0.3) is 11.6 Å². The summed E-state index contributed by atoms with van der Waals surface area (Å²) < 4.78 is 19.1. The minimum atomic E-state index is -0.783. The summed E-state index contributed by atoms with van der Waals surface area (Å²) in [4.78, 5) is 22.9. The Morgan fingerprint density at radius 2 is 1.85 bits per heavy atom. The molecule has 2 aromatic carbocycles. The maximum atomic E-state index is 14.0. The predicted octanol–water partition coefficient (Wildman–Crippen LogP) is 4.18. The number of benzene rings is 2. The Morgan fingerprint density at radius 1 is 1.23 bits per heavy atom. The van der Waals surface area contributed by atoms with Crippen LogP contribution in [0.15, 0.2) is 36.4 Å². The molecule has 1 atom stereocenters. The Balaban J connectivity index is 2.31. The number of hydrogen-bond donors (Lipinski definition) is 1. The van der Waals surface area contributed by atoms with Crippen molar-refractivity contribution in [2.45, 2.75) is 26.8 Å². The van der Waals surface area contributed by atoms with Gasteiger partial charge in [-0.2, -0.15) is 0 Å². The van der Waals surface area contributed by atoms with Gasteiger partial charge in [0, 0.05) is 11.6 Å². The van der Waals surface area contributed by atoms with Gasteiger partial charge in [-0.3, -0.25) is 14.9 Å². The highest BCUT2D eigenvalue weighted by Crippen LogP contribution is 2.26. The first-order valence-corrected chi connectivity index (χ1v) is 8.14. The van der Waals surface area contributed by atoms with Crippen LogP contribution in [0.4, 0.5) is 10.1 Å². The van der Waals surface area contributed by atoms with E-state index in [1.807, 2.05) is 26.0 Å². The monoisotopic (exact) mass is 360 g/mol. The van der Waals surface area contributed by atoms with Crippen LogP contribution in [0.2, 0.25) is 0 Å². The van der Waals surface area contributed by atoms with E-state index in [0.29, 0.717) is 5.75 Å². The first-order chi connectivity index (χ1) is 12.2. The summed E-state index contributed by atoms with van der Waals surface area (Å²) in [7, 11) is 1.57. The average Bonchev–Trinajstić information content (AvgIpc) is 2.61. The van der Waals surface area contributed by atoms with Gasteiger partial charge in [0.15, 0.2) is 0 Å². The standard InChI is InChI=1S/C19H21FN2O4/c1-11(2)18(13-5-7-15(26-4)8-6-13)21-19(23)14-9-16(20)12(3)17(10-14)22(24)25/h5-11,18H,1-4H3,(H,21,23). The zero-order valence-corrected chi connectivity index (χ0v) is 15.1. The van der Waals surface area contributed by atoms with Crippen molar-refractivity contribution >= 4 is 11.6 Å². The molecule has 0 radical (unpaired) electrons. The van der Waals surface area contributed by atoms with E-state index in [1.54, 1.807) is 19.2 Å². The molecule has 0 spiro atoms. The number of hydrogen-bond acceptors (Lipinski definition) is 4. The summed E-state index contributed by atoms with van der Waals surface area (Å²) in [5.41, 5.74) is 0.262. The lowest BCUT2D eigenvalue weighted by atomic mass is 9.95. The minimum absolute atomic E-state index is 0.0534. The molecule has 26 heavy (non-hydrogen) atoms. The molecule has 0 fully saturated rings. The molecule has 1 unspecified atom stereocenters. The second-order valence-corrected chi connectivity index (χ2v) is 6.33. The molecular weight excluding hydrogens is 339 g/mol. The van der Waals surface area contributed by atoms with Crippen molar-refractivity contribution in [3.63, 3.8) is 0 Å². The number of amides is 1. The van der Waals surface area contributed by atoms with Crippen molar-refractivity contribution in [1.29, 1.82) is 0 Å². The highest BCUT2D eigenvalue weighted by Gasteiger charge is 2.23. The molecule has 0 aromatic heterocycles. The Morgan fingerprint density at radius 3 is 2.35 bits per heavy atom. The van der Waals surface area contributed by atoms with Gasteiger partial charge in [-0.15, -0.1) is 0 Å². The van der Waals surface area contributed by atoms with E-state index in [2.05, 4.69) is 5.32 Å². The fraction of sp³-hybridized carbons (Fsp3) is 0.316. The van der Waals surface area contributed by atoms with E-state index in [9.17, 15) is 19.3 Å². The largest absolute Gasteiger partial charge is 0.497 e. The molecule has 1 N–H and O–H groups in total. The second-order valence-electron chi connectivity index (χ2n) is 6.33. The van der Waals surface area contributed by atoms with Crippen LogP contribution in [0, 0.1) is 28.8 Å². The molecule has 0 aliphatic carbocycles. The fourth-order valence-electron chi connectivity index (χ4n) is 2.66. The van der Waals surface area contributed by atoms with Crippen LogP contribution < -0.4 is 10.1 Å². The number of carbonyl (C=O) groups excluding carboxylic acids is 1. The summed E-state index contributed by atoms with van der Waals surface area (Å²) in [6, 6.07) is 9.02. The molecule has 0 heterocycles. The molecule has 0 aliphatic rings. The number of carbonyl (C=O) groups is 1. The summed E-state index contributed by atoms with van der Waals surface area (Å²) in [5, 5.41) is 13.9. The lowest BCUT2D eigenvalue weighted by Gasteiger charge is -2.23. The van der Waals surface area contributed by atoms with Gasteiger partial charge in [-0.05, 0) is 36.6 Å². The van der Waals surface area contributed by atoms with Crippen molar-refractivity contribution in [3.8, 4) is 5.75 Å². The molecule has 6 nitrogen and oxygen atoms in total. The van der Waals surface area contributed by atoms with Crippen LogP contribution in [-0.2, 0) is 0 Å². The molecule has 2 aromatic rings. The Labute approximate surface area is 151 Å². The van der Waals surface area contributed by atoms with Crippen LogP contribution in [0.3, 0.4) is 0 Å². The molecule has 138 valence electrons. The number of nitrogens with zero attached hydrogens (tertiary/aromatic N) is 1. The number of nitro benzene ring substituents is 1. The SMILES string of the molecule is COc1ccc(C(NC(=O)c2cc(F)c(C)c([N+](=O)[O-])c2)C(C)C)cc1. The van der Waals surface area contributed by atoms with Crippen molar-refractivity contribution in [1.82, 2.24) is 5.32 Å². The molecule has 0 saturated carbocycles. The van der Waals surface area contributed by atoms with Gasteiger partial charge in [0.05, 0.1) is 23.6 Å². The van der Waals surface area contributed by atoms with Gasteiger partial charge < -0.3 is 10.1 Å². The van der Waals surface area contributed by atoms with Gasteiger partial charge >= 0.3 is 0 Å². The van der Waals surface area contributed by atoms with Crippen molar-refractivity contribution in [2.24, 2.45) is 5.92 Å². The third-order valence-electron chi connectivity index (χ3n) is 4.20. The normalized spacial score (nSPS) is 11.9. The van der Waals surface area contributed by atoms with Crippen LogP contribution in [0.25, 0.3) is 0 Å². The third kappa shape index (κ3) is 4.17. The Bertz CT molecular complexity index is 819. The number of nitrogens with one attached hydrogen (secondary N) is 1. The van der Waals surface area contributed by atoms with Gasteiger partial charge in [-0.25, -0.2) is 4.39 Å². The second kappa shape index (κ2) is 7.95. The summed E-state index contributed by atoms with van der Waals surface area (Å²) in [5.74, 6) is -0.604. The molecule has 0 saturated heterocycles. The summed E-state index contributed by atoms with van der Waals surface area (Å²) in [6.45, 7) is 5.18. The molecule has 1 amide bonds. The van der Waals surface area contributed by atoms with Crippen LogP contribution in [0.5, 0.6) is 5.75 Å². The van der Waals surface area contributed by atoms with Gasteiger partial charge in [-0.1, -0.05) is 26.0 Å². The lowest BCUT2D eigenvalue weighted by molar-refractivity contribution is -0.385. The predicted molar refractivity (Wildman–Crippen MR) is 95.8 cm³/mol. The maximum absolute atomic E-state index is 14.0. The molecular formula is C19H21FN2O4. The minimum Gasteiger partial charge on any atom is -0.497 e. The first kappa shape index (κ1) is 19.4. The number of nitro groups is 1. The first-order valence-electron chi connectivity index (χ1n) is 8.14. The van der Waals surface area contributed by atoms with Crippen LogP contribution in [-0.4, -0.2) is 17.9 Å². The highest BCUT2D eigenvalue weighted by molar-refractivity contribution is 5.95. The van der Waals surface area contributed by atoms with Gasteiger partial charge in [0.2, 0.25) is 0 Å². The van der Waals surface area contributed by atoms with E-state index in [0.717, 1.165) is 17.7 Å². The number of rotatable bonds is 6. The molecule has 7 heteroatoms. The maximum Gasteiger partial charge on any atom is 0.276 e. The third-order valence-corrected chi connectivity index (χ3v) is 4.20. The Kier molecular flexibility index (Phi) is 5.92. The smallest absolute Gasteiger partial charge is 0.276 e. The number of ether oxygens (including phenoxy) is 1. The molecule has 2 rings (SSSR count). The zero-order valence-electron chi connectivity index (χ0n) is 15.1. The topological polar surface area (TPSA) is 81.5 Å². The van der Waals surface area contributed by atoms with Crippen molar-refractivity contribution < 1.29 is 18.8 Å². The average molecular weight is 360 g/mol. The van der Waals surface area contributed by atoms with Gasteiger partial charge in [0.1, 0.15) is 11.6 Å². The molecule has 0 bridgehead atoms. The Hall–Kier alpha value is -2.96. The van der Waals surface area contributed by atoms with Crippen molar-refractivity contribution in [2.75, 3.05) is 7.11 Å². The van der Waals surface area contributed by atoms with E-state index < -0.39 is 22.3 Å². The summed E-state index contributed by atoms with van der Waals surface area (Å²) in [6.07, 6.45) is 0. The lowest BCUT2D eigenvalue weighted by Crippen LogP contribution is -2.31. The van der Waals surface area contributed by atoms with Crippen molar-refractivity contribution in [3.05, 3.63) is 69.0 Å². The van der Waals surface area contributed by atoms with E-state index in [1.165, 1.54) is 6.92 Å². The fourth-order valence-corrected chi connectivity index (χ4v) is 2.66. The zero-order chi connectivity index (χ0) is 19.4. The summed E-state index contributed by atoms with van der Waals surface area (Å²) >= 11 is 0. The van der Waals surface area contributed by atoms with Crippen LogP contribution >= 0.6 is 0 Å². The highest BCUT2D eigenvalue weighted by atomic mass is 19.1. The molecule has 0 aliphatic heterocycles. The number of halogens is 1.